The molecule has 0 saturated carbocycles. The SMILES string of the molecule is CC1CCCN(c2cc(Nc3ccc(Cl)cc3Cl)ncn2)C1. The second kappa shape index (κ2) is 6.71. The number of piperidine rings is 1. The van der Waals surface area contributed by atoms with Gasteiger partial charge in [0.2, 0.25) is 0 Å². The van der Waals surface area contributed by atoms with E-state index in [0.717, 1.165) is 30.4 Å². The van der Waals surface area contributed by atoms with Crippen molar-refractivity contribution in [3.05, 3.63) is 40.6 Å². The van der Waals surface area contributed by atoms with Crippen molar-refractivity contribution >= 4 is 40.5 Å². The second-order valence-electron chi connectivity index (χ2n) is 5.70. The van der Waals surface area contributed by atoms with Gasteiger partial charge in [-0.15, -0.1) is 0 Å². The quantitative estimate of drug-likeness (QED) is 0.876. The Morgan fingerprint density at radius 2 is 2.09 bits per heavy atom. The molecule has 1 fully saturated rings. The first-order chi connectivity index (χ1) is 10.6. The highest BCUT2D eigenvalue weighted by atomic mass is 35.5. The van der Waals surface area contributed by atoms with E-state index in [-0.39, 0.29) is 0 Å². The van der Waals surface area contributed by atoms with Crippen LogP contribution < -0.4 is 10.2 Å². The van der Waals surface area contributed by atoms with Crippen LogP contribution >= 0.6 is 23.2 Å². The highest BCUT2D eigenvalue weighted by molar-refractivity contribution is 6.36. The molecule has 2 aromatic rings. The first kappa shape index (κ1) is 15.4. The predicted molar refractivity (Wildman–Crippen MR) is 92.4 cm³/mol. The zero-order valence-electron chi connectivity index (χ0n) is 12.4. The van der Waals surface area contributed by atoms with Gasteiger partial charge in [-0.2, -0.15) is 0 Å². The van der Waals surface area contributed by atoms with Gasteiger partial charge in [-0.1, -0.05) is 30.1 Å². The molecule has 0 aliphatic carbocycles. The van der Waals surface area contributed by atoms with Crippen molar-refractivity contribution in [1.82, 2.24) is 9.97 Å². The molecule has 1 aromatic carbocycles. The Morgan fingerprint density at radius 1 is 1.23 bits per heavy atom. The van der Waals surface area contributed by atoms with Gasteiger partial charge in [0.25, 0.3) is 0 Å². The highest BCUT2D eigenvalue weighted by Gasteiger charge is 2.18. The van der Waals surface area contributed by atoms with Gasteiger partial charge in [0, 0.05) is 24.2 Å². The maximum Gasteiger partial charge on any atom is 0.135 e. The molecule has 1 N–H and O–H groups in total. The normalized spacial score (nSPS) is 18.3. The topological polar surface area (TPSA) is 41.0 Å². The Bertz CT molecular complexity index is 662. The van der Waals surface area contributed by atoms with Gasteiger partial charge in [-0.25, -0.2) is 9.97 Å². The zero-order valence-corrected chi connectivity index (χ0v) is 13.9. The van der Waals surface area contributed by atoms with E-state index in [1.54, 1.807) is 18.5 Å². The van der Waals surface area contributed by atoms with E-state index in [2.05, 4.69) is 27.1 Å². The molecule has 22 heavy (non-hydrogen) atoms. The Balaban J connectivity index is 1.79. The minimum atomic E-state index is 0.569. The minimum absolute atomic E-state index is 0.569. The molecule has 1 aliphatic heterocycles. The number of nitrogens with one attached hydrogen (secondary N) is 1. The number of halogens is 2. The number of anilines is 3. The maximum atomic E-state index is 6.19. The predicted octanol–water partition coefficient (Wildman–Crippen LogP) is 4.76. The smallest absolute Gasteiger partial charge is 0.135 e. The van der Waals surface area contributed by atoms with Crippen LogP contribution in [0.5, 0.6) is 0 Å². The van der Waals surface area contributed by atoms with Crippen molar-refractivity contribution < 1.29 is 0 Å². The number of aromatic nitrogens is 2. The summed E-state index contributed by atoms with van der Waals surface area (Å²) in [6, 6.07) is 7.31. The lowest BCUT2D eigenvalue weighted by atomic mass is 10.0. The molecule has 0 radical (unpaired) electrons. The molecule has 1 saturated heterocycles. The first-order valence-corrected chi connectivity index (χ1v) is 8.16. The standard InChI is InChI=1S/C16H18Cl2N4/c1-11-3-2-6-22(9-11)16-8-15(19-10-20-16)21-14-5-4-12(17)7-13(14)18/h4-5,7-8,10-11H,2-3,6,9H2,1H3,(H,19,20,21). The molecule has 116 valence electrons. The summed E-state index contributed by atoms with van der Waals surface area (Å²) < 4.78 is 0. The summed E-state index contributed by atoms with van der Waals surface area (Å²) in [4.78, 5) is 11.0. The molecule has 0 spiro atoms. The van der Waals surface area contributed by atoms with Crippen LogP contribution in [0.1, 0.15) is 19.8 Å². The van der Waals surface area contributed by atoms with Gasteiger partial charge in [-0.3, -0.25) is 0 Å². The van der Waals surface area contributed by atoms with Gasteiger partial charge in [-0.05, 0) is 37.0 Å². The summed E-state index contributed by atoms with van der Waals surface area (Å²) in [6.45, 7) is 4.36. The molecule has 1 unspecified atom stereocenters. The Hall–Kier alpha value is -1.52. The van der Waals surface area contributed by atoms with Crippen molar-refractivity contribution in [2.24, 2.45) is 5.92 Å². The van der Waals surface area contributed by atoms with Crippen LogP contribution in [0.4, 0.5) is 17.3 Å². The average molecular weight is 337 g/mol. The summed E-state index contributed by atoms with van der Waals surface area (Å²) in [5.41, 5.74) is 0.780. The molecule has 4 nitrogen and oxygen atoms in total. The molecular weight excluding hydrogens is 319 g/mol. The summed E-state index contributed by atoms with van der Waals surface area (Å²) in [6.07, 6.45) is 4.07. The van der Waals surface area contributed by atoms with Gasteiger partial charge in [0.05, 0.1) is 10.7 Å². The Kier molecular flexibility index (Phi) is 4.69. The van der Waals surface area contributed by atoms with Gasteiger partial charge in [0.15, 0.2) is 0 Å². The number of benzene rings is 1. The molecule has 1 aliphatic rings. The lowest BCUT2D eigenvalue weighted by Gasteiger charge is -2.31. The summed E-state index contributed by atoms with van der Waals surface area (Å²) in [7, 11) is 0. The summed E-state index contributed by atoms with van der Waals surface area (Å²) >= 11 is 12.1. The third kappa shape index (κ3) is 3.62. The van der Waals surface area contributed by atoms with Crippen LogP contribution in [0.25, 0.3) is 0 Å². The third-order valence-electron chi connectivity index (χ3n) is 3.83. The van der Waals surface area contributed by atoms with Gasteiger partial charge in [0.1, 0.15) is 18.0 Å². The summed E-state index contributed by atoms with van der Waals surface area (Å²) in [5.74, 6) is 2.38. The van der Waals surface area contributed by atoms with E-state index < -0.39 is 0 Å². The van der Waals surface area contributed by atoms with Crippen LogP contribution in [0, 0.1) is 5.92 Å². The molecule has 6 heteroatoms. The number of hydrogen-bond acceptors (Lipinski definition) is 4. The van der Waals surface area contributed by atoms with Crippen LogP contribution in [0.3, 0.4) is 0 Å². The first-order valence-electron chi connectivity index (χ1n) is 7.41. The molecule has 2 heterocycles. The van der Waals surface area contributed by atoms with E-state index in [1.807, 2.05) is 12.1 Å². The Morgan fingerprint density at radius 3 is 2.86 bits per heavy atom. The van der Waals surface area contributed by atoms with E-state index in [0.29, 0.717) is 16.0 Å². The number of hydrogen-bond donors (Lipinski definition) is 1. The number of nitrogens with zero attached hydrogens (tertiary/aromatic N) is 3. The summed E-state index contributed by atoms with van der Waals surface area (Å²) in [5, 5.41) is 4.40. The molecular formula is C16H18Cl2N4. The van der Waals surface area contributed by atoms with Gasteiger partial charge >= 0.3 is 0 Å². The van der Waals surface area contributed by atoms with Crippen molar-refractivity contribution in [2.75, 3.05) is 23.3 Å². The van der Waals surface area contributed by atoms with Crippen LogP contribution in [0.15, 0.2) is 30.6 Å². The molecule has 1 atom stereocenters. The van der Waals surface area contributed by atoms with E-state index in [1.165, 1.54) is 12.8 Å². The fourth-order valence-corrected chi connectivity index (χ4v) is 3.17. The third-order valence-corrected chi connectivity index (χ3v) is 4.38. The van der Waals surface area contributed by atoms with Crippen molar-refractivity contribution in [1.29, 1.82) is 0 Å². The van der Waals surface area contributed by atoms with E-state index >= 15 is 0 Å². The lowest BCUT2D eigenvalue weighted by molar-refractivity contribution is 0.444. The fourth-order valence-electron chi connectivity index (χ4n) is 2.71. The maximum absolute atomic E-state index is 6.19. The second-order valence-corrected chi connectivity index (χ2v) is 6.55. The van der Waals surface area contributed by atoms with Crippen LogP contribution in [-0.2, 0) is 0 Å². The molecule has 0 amide bonds. The van der Waals surface area contributed by atoms with Crippen LogP contribution in [-0.4, -0.2) is 23.1 Å². The Labute approximate surface area is 140 Å². The van der Waals surface area contributed by atoms with Crippen molar-refractivity contribution in [3.8, 4) is 0 Å². The molecule has 3 rings (SSSR count). The van der Waals surface area contributed by atoms with E-state index in [9.17, 15) is 0 Å². The lowest BCUT2D eigenvalue weighted by Crippen LogP contribution is -2.34. The van der Waals surface area contributed by atoms with Crippen molar-refractivity contribution in [3.63, 3.8) is 0 Å². The van der Waals surface area contributed by atoms with Crippen molar-refractivity contribution in [2.45, 2.75) is 19.8 Å². The van der Waals surface area contributed by atoms with Gasteiger partial charge < -0.3 is 10.2 Å². The zero-order chi connectivity index (χ0) is 15.5. The van der Waals surface area contributed by atoms with Crippen LogP contribution in [0.2, 0.25) is 10.0 Å². The average Bonchev–Trinajstić information content (AvgIpc) is 2.50. The molecule has 1 aromatic heterocycles. The fraction of sp³-hybridized carbons (Fsp3) is 0.375. The minimum Gasteiger partial charge on any atom is -0.356 e. The van der Waals surface area contributed by atoms with E-state index in [4.69, 9.17) is 23.2 Å². The molecule has 0 bridgehead atoms. The monoisotopic (exact) mass is 336 g/mol. The largest absolute Gasteiger partial charge is 0.356 e. The highest BCUT2D eigenvalue weighted by Crippen LogP contribution is 2.29. The number of rotatable bonds is 3.